The third-order valence-electron chi connectivity index (χ3n) is 3.73. The first-order valence-corrected chi connectivity index (χ1v) is 9.25. The molecule has 0 aliphatic carbocycles. The van der Waals surface area contributed by atoms with Crippen LogP contribution in [0.15, 0.2) is 21.5 Å². The van der Waals surface area contributed by atoms with E-state index in [0.717, 1.165) is 0 Å². The van der Waals surface area contributed by atoms with Crippen molar-refractivity contribution in [2.45, 2.75) is 24.3 Å². The van der Waals surface area contributed by atoms with Crippen LogP contribution in [0.3, 0.4) is 0 Å². The number of fused-ring (bicyclic) bond motifs is 1. The highest BCUT2D eigenvalue weighted by Gasteiger charge is 2.41. The second kappa shape index (κ2) is 5.67. The summed E-state index contributed by atoms with van der Waals surface area (Å²) < 4.78 is 44.4. The van der Waals surface area contributed by atoms with E-state index < -0.39 is 15.6 Å². The van der Waals surface area contributed by atoms with E-state index >= 15 is 0 Å². The van der Waals surface area contributed by atoms with Crippen molar-refractivity contribution in [1.82, 2.24) is 4.31 Å². The summed E-state index contributed by atoms with van der Waals surface area (Å²) in [6.07, 6.45) is 0. The SMILES string of the molecule is CC1(C)COCCN1S(=O)(=O)c1cc2c(cc1Br)OCCO2. The fourth-order valence-electron chi connectivity index (χ4n) is 2.65. The zero-order valence-electron chi connectivity index (χ0n) is 12.5. The fraction of sp³-hybridized carbons (Fsp3) is 0.571. The molecule has 1 aromatic carbocycles. The Morgan fingerprint density at radius 1 is 1.14 bits per heavy atom. The number of ether oxygens (including phenoxy) is 3. The molecule has 0 atom stereocenters. The molecule has 1 saturated heterocycles. The zero-order chi connectivity index (χ0) is 16.0. The summed E-state index contributed by atoms with van der Waals surface area (Å²) in [5, 5.41) is 0. The van der Waals surface area contributed by atoms with Gasteiger partial charge in [-0.3, -0.25) is 0 Å². The van der Waals surface area contributed by atoms with Crippen LogP contribution in [0.1, 0.15) is 13.8 Å². The lowest BCUT2D eigenvalue weighted by Crippen LogP contribution is -2.55. The van der Waals surface area contributed by atoms with Crippen LogP contribution in [0, 0.1) is 0 Å². The van der Waals surface area contributed by atoms with Gasteiger partial charge in [0, 0.05) is 17.1 Å². The molecule has 0 saturated carbocycles. The third-order valence-corrected chi connectivity index (χ3v) is 6.80. The van der Waals surface area contributed by atoms with Crippen LogP contribution in [-0.4, -0.2) is 51.2 Å². The van der Waals surface area contributed by atoms with Gasteiger partial charge in [-0.1, -0.05) is 0 Å². The molecule has 22 heavy (non-hydrogen) atoms. The molecule has 1 aromatic rings. The average Bonchev–Trinajstić information content (AvgIpc) is 2.45. The molecule has 0 spiro atoms. The Kier molecular flexibility index (Phi) is 4.13. The van der Waals surface area contributed by atoms with Gasteiger partial charge in [0.1, 0.15) is 18.1 Å². The zero-order valence-corrected chi connectivity index (χ0v) is 14.9. The molecule has 122 valence electrons. The van der Waals surface area contributed by atoms with Crippen LogP contribution in [0.4, 0.5) is 0 Å². The molecular formula is C14H18BrNO5S. The minimum atomic E-state index is -3.66. The van der Waals surface area contributed by atoms with E-state index in [1.54, 1.807) is 6.07 Å². The fourth-order valence-corrected chi connectivity index (χ4v) is 5.40. The molecule has 6 nitrogen and oxygen atoms in total. The van der Waals surface area contributed by atoms with Gasteiger partial charge in [-0.15, -0.1) is 0 Å². The van der Waals surface area contributed by atoms with Crippen molar-refractivity contribution in [2.24, 2.45) is 0 Å². The van der Waals surface area contributed by atoms with Crippen molar-refractivity contribution < 1.29 is 22.6 Å². The summed E-state index contributed by atoms with van der Waals surface area (Å²) in [7, 11) is -3.66. The highest BCUT2D eigenvalue weighted by Crippen LogP contribution is 2.39. The van der Waals surface area contributed by atoms with E-state index in [-0.39, 0.29) is 4.90 Å². The normalized spacial score (nSPS) is 21.6. The molecule has 0 N–H and O–H groups in total. The largest absolute Gasteiger partial charge is 0.486 e. The summed E-state index contributed by atoms with van der Waals surface area (Å²) in [6, 6.07) is 3.17. The quantitative estimate of drug-likeness (QED) is 0.771. The molecule has 3 rings (SSSR count). The van der Waals surface area contributed by atoms with Crippen LogP contribution in [0.5, 0.6) is 11.5 Å². The highest BCUT2D eigenvalue weighted by atomic mass is 79.9. The number of sulfonamides is 1. The number of nitrogens with zero attached hydrogens (tertiary/aromatic N) is 1. The van der Waals surface area contributed by atoms with Crippen molar-refractivity contribution in [1.29, 1.82) is 0 Å². The van der Waals surface area contributed by atoms with Crippen LogP contribution in [0.2, 0.25) is 0 Å². The van der Waals surface area contributed by atoms with E-state index in [2.05, 4.69) is 15.9 Å². The molecule has 0 radical (unpaired) electrons. The van der Waals surface area contributed by atoms with Crippen LogP contribution >= 0.6 is 15.9 Å². The molecule has 2 aliphatic rings. The predicted octanol–water partition coefficient (Wildman–Crippen LogP) is 2.02. The van der Waals surface area contributed by atoms with Gasteiger partial charge in [-0.2, -0.15) is 4.31 Å². The Morgan fingerprint density at radius 2 is 1.77 bits per heavy atom. The topological polar surface area (TPSA) is 65.1 Å². The van der Waals surface area contributed by atoms with E-state index in [4.69, 9.17) is 14.2 Å². The molecule has 1 fully saturated rings. The van der Waals surface area contributed by atoms with Gasteiger partial charge in [0.15, 0.2) is 11.5 Å². The smallest absolute Gasteiger partial charge is 0.244 e. The number of hydrogen-bond acceptors (Lipinski definition) is 5. The van der Waals surface area contributed by atoms with Crippen molar-refractivity contribution in [3.8, 4) is 11.5 Å². The lowest BCUT2D eigenvalue weighted by Gasteiger charge is -2.41. The standard InChI is InChI=1S/C14H18BrNO5S/c1-14(2)9-19-4-3-16(14)22(17,18)13-8-12-11(7-10(13)15)20-5-6-21-12/h7-8H,3-6,9H2,1-2H3. The average molecular weight is 392 g/mol. The minimum absolute atomic E-state index is 0.187. The van der Waals surface area contributed by atoms with Gasteiger partial charge >= 0.3 is 0 Å². The Morgan fingerprint density at radius 3 is 2.41 bits per heavy atom. The molecule has 0 unspecified atom stereocenters. The summed E-state index contributed by atoms with van der Waals surface area (Å²) in [6.45, 7) is 5.68. The van der Waals surface area contributed by atoms with Crippen molar-refractivity contribution in [2.75, 3.05) is 33.0 Å². The van der Waals surface area contributed by atoms with Gasteiger partial charge in [-0.25, -0.2) is 8.42 Å². The second-order valence-corrected chi connectivity index (χ2v) is 8.55. The first-order chi connectivity index (χ1) is 10.3. The Hall–Kier alpha value is -0.830. The highest BCUT2D eigenvalue weighted by molar-refractivity contribution is 9.10. The van der Waals surface area contributed by atoms with E-state index in [1.165, 1.54) is 10.4 Å². The maximum atomic E-state index is 13.1. The molecule has 2 aliphatic heterocycles. The van der Waals surface area contributed by atoms with Crippen LogP contribution < -0.4 is 9.47 Å². The maximum absolute atomic E-state index is 13.1. The first-order valence-electron chi connectivity index (χ1n) is 7.02. The monoisotopic (exact) mass is 391 g/mol. The lowest BCUT2D eigenvalue weighted by atomic mass is 10.1. The maximum Gasteiger partial charge on any atom is 0.244 e. The predicted molar refractivity (Wildman–Crippen MR) is 83.9 cm³/mol. The molecule has 0 amide bonds. The van der Waals surface area contributed by atoms with Crippen LogP contribution in [0.25, 0.3) is 0 Å². The van der Waals surface area contributed by atoms with Gasteiger partial charge < -0.3 is 14.2 Å². The second-order valence-electron chi connectivity index (χ2n) is 5.87. The van der Waals surface area contributed by atoms with Gasteiger partial charge in [0.25, 0.3) is 0 Å². The van der Waals surface area contributed by atoms with Crippen molar-refractivity contribution in [3.63, 3.8) is 0 Å². The number of halogens is 1. The molecule has 8 heteroatoms. The summed E-state index contributed by atoms with van der Waals surface area (Å²) >= 11 is 3.34. The Labute approximate surface area is 138 Å². The number of benzene rings is 1. The Balaban J connectivity index is 2.05. The summed E-state index contributed by atoms with van der Waals surface area (Å²) in [5.74, 6) is 1.01. The summed E-state index contributed by atoms with van der Waals surface area (Å²) in [5.41, 5.74) is -0.593. The van der Waals surface area contributed by atoms with Crippen molar-refractivity contribution >= 4 is 26.0 Å². The van der Waals surface area contributed by atoms with Crippen LogP contribution in [-0.2, 0) is 14.8 Å². The number of hydrogen-bond donors (Lipinski definition) is 0. The third kappa shape index (κ3) is 2.73. The summed E-state index contributed by atoms with van der Waals surface area (Å²) in [4.78, 5) is 0.187. The molecule has 0 bridgehead atoms. The molecular weight excluding hydrogens is 374 g/mol. The van der Waals surface area contributed by atoms with E-state index in [0.29, 0.717) is 48.9 Å². The first kappa shape index (κ1) is 16.0. The van der Waals surface area contributed by atoms with Gasteiger partial charge in [0.05, 0.1) is 18.8 Å². The van der Waals surface area contributed by atoms with E-state index in [9.17, 15) is 8.42 Å². The molecule has 2 heterocycles. The van der Waals surface area contributed by atoms with Gasteiger partial charge in [0.2, 0.25) is 10.0 Å². The number of rotatable bonds is 2. The minimum Gasteiger partial charge on any atom is -0.486 e. The number of morpholine rings is 1. The lowest BCUT2D eigenvalue weighted by molar-refractivity contribution is -0.00773. The molecule has 0 aromatic heterocycles. The van der Waals surface area contributed by atoms with Gasteiger partial charge in [-0.05, 0) is 35.8 Å². The Bertz CT molecular complexity index is 689. The van der Waals surface area contributed by atoms with E-state index in [1.807, 2.05) is 13.8 Å². The van der Waals surface area contributed by atoms with Crippen molar-refractivity contribution in [3.05, 3.63) is 16.6 Å².